The number of aldehydes is 1. The fourth-order valence-electron chi connectivity index (χ4n) is 2.00. The van der Waals surface area contributed by atoms with E-state index in [1.165, 1.54) is 0 Å². The fraction of sp³-hybridized carbons (Fsp3) is 0. The van der Waals surface area contributed by atoms with Gasteiger partial charge in [0.25, 0.3) is 0 Å². The molecule has 0 aliphatic heterocycles. The van der Waals surface area contributed by atoms with E-state index in [0.717, 1.165) is 33.7 Å². The van der Waals surface area contributed by atoms with Crippen LogP contribution in [0.5, 0.6) is 0 Å². The highest BCUT2D eigenvalue weighted by atomic mass is 16.1. The summed E-state index contributed by atoms with van der Waals surface area (Å²) in [6.45, 7) is 0. The van der Waals surface area contributed by atoms with E-state index in [9.17, 15) is 4.79 Å². The highest BCUT2D eigenvalue weighted by molar-refractivity contribution is 6.09. The van der Waals surface area contributed by atoms with Crippen LogP contribution < -0.4 is 11.7 Å². The zero-order valence-electron chi connectivity index (χ0n) is 9.71. The van der Waals surface area contributed by atoms with Crippen LogP contribution in [-0.4, -0.2) is 11.3 Å². The molecule has 0 aliphatic carbocycles. The van der Waals surface area contributed by atoms with Gasteiger partial charge in [0.2, 0.25) is 0 Å². The molecule has 0 saturated carbocycles. The lowest BCUT2D eigenvalue weighted by Gasteiger charge is -2.04. The molecule has 1 heterocycles. The van der Waals surface area contributed by atoms with Gasteiger partial charge in [0.05, 0.1) is 11.0 Å². The number of aromatic nitrogens is 1. The third-order valence-electron chi connectivity index (χ3n) is 2.75. The van der Waals surface area contributed by atoms with Crippen molar-refractivity contribution in [2.45, 2.75) is 0 Å². The number of hydrogen-bond donors (Lipinski definition) is 2. The molecule has 0 atom stereocenters. The molecule has 0 unspecified atom stereocenters. The molecular formula is C14H13N3O. The summed E-state index contributed by atoms with van der Waals surface area (Å²) in [5.74, 6) is 8.00. The largest absolute Gasteiger partial charge is 0.298 e. The van der Waals surface area contributed by atoms with Gasteiger partial charge in [0, 0.05) is 16.3 Å². The van der Waals surface area contributed by atoms with Crippen LogP contribution in [0.15, 0.2) is 48.5 Å². The Morgan fingerprint density at radius 2 is 1.28 bits per heavy atom. The number of para-hydroxylation sites is 2. The Kier molecular flexibility index (Phi) is 3.62. The second-order valence-electron chi connectivity index (χ2n) is 3.68. The first-order valence-corrected chi connectivity index (χ1v) is 5.46. The van der Waals surface area contributed by atoms with Gasteiger partial charge in [-0.25, -0.2) is 4.98 Å². The Morgan fingerprint density at radius 3 is 1.72 bits per heavy atom. The monoisotopic (exact) mass is 239 g/mol. The van der Waals surface area contributed by atoms with E-state index in [1.807, 2.05) is 48.5 Å². The first-order chi connectivity index (χ1) is 8.90. The molecule has 3 aromatic rings. The normalized spacial score (nSPS) is 9.89. The van der Waals surface area contributed by atoms with E-state index in [1.54, 1.807) is 0 Å². The number of carbonyl (C=O) groups excluding carboxylic acids is 1. The SMILES string of the molecule is NN.O=Cc1c2ccccc2nc2ccccc12. The quantitative estimate of drug-likeness (QED) is 0.294. The third-order valence-corrected chi connectivity index (χ3v) is 2.75. The molecular weight excluding hydrogens is 226 g/mol. The number of pyridine rings is 1. The van der Waals surface area contributed by atoms with Crippen molar-refractivity contribution in [1.29, 1.82) is 0 Å². The predicted octanol–water partition coefficient (Wildman–Crippen LogP) is 2.02. The van der Waals surface area contributed by atoms with Gasteiger partial charge in [0.1, 0.15) is 0 Å². The van der Waals surface area contributed by atoms with E-state index in [4.69, 9.17) is 0 Å². The van der Waals surface area contributed by atoms with Crippen molar-refractivity contribution in [1.82, 2.24) is 4.98 Å². The third kappa shape index (κ3) is 1.95. The van der Waals surface area contributed by atoms with Crippen LogP contribution in [0.25, 0.3) is 21.8 Å². The Balaban J connectivity index is 0.000000574. The van der Waals surface area contributed by atoms with Crippen LogP contribution >= 0.6 is 0 Å². The summed E-state index contributed by atoms with van der Waals surface area (Å²) in [4.78, 5) is 15.7. The van der Waals surface area contributed by atoms with Gasteiger partial charge >= 0.3 is 0 Å². The summed E-state index contributed by atoms with van der Waals surface area (Å²) in [6, 6.07) is 15.4. The molecule has 3 rings (SSSR count). The van der Waals surface area contributed by atoms with Crippen molar-refractivity contribution in [2.24, 2.45) is 11.7 Å². The Bertz CT molecular complexity index is 641. The zero-order valence-corrected chi connectivity index (χ0v) is 9.71. The first kappa shape index (κ1) is 12.2. The van der Waals surface area contributed by atoms with E-state index in [0.29, 0.717) is 0 Å². The number of benzene rings is 2. The van der Waals surface area contributed by atoms with Crippen molar-refractivity contribution in [3.63, 3.8) is 0 Å². The molecule has 18 heavy (non-hydrogen) atoms. The predicted molar refractivity (Wildman–Crippen MR) is 73.0 cm³/mol. The van der Waals surface area contributed by atoms with Crippen LogP contribution in [0, 0.1) is 0 Å². The lowest BCUT2D eigenvalue weighted by atomic mass is 10.0. The van der Waals surface area contributed by atoms with Gasteiger partial charge in [-0.3, -0.25) is 16.5 Å². The number of nitrogens with two attached hydrogens (primary N) is 2. The molecule has 0 saturated heterocycles. The maximum Gasteiger partial charge on any atom is 0.151 e. The molecule has 4 heteroatoms. The summed E-state index contributed by atoms with van der Waals surface area (Å²) in [6.07, 6.45) is 0.909. The summed E-state index contributed by atoms with van der Waals surface area (Å²) < 4.78 is 0. The molecule has 0 bridgehead atoms. The average molecular weight is 239 g/mol. The number of rotatable bonds is 1. The van der Waals surface area contributed by atoms with Gasteiger partial charge < -0.3 is 0 Å². The molecule has 0 radical (unpaired) electrons. The minimum absolute atomic E-state index is 0.723. The standard InChI is InChI=1S/C14H9NO.H4N2/c16-9-12-10-5-1-3-7-13(10)15-14-8-4-2-6-11(12)14;1-2/h1-9H;1-2H2. The number of hydrazine groups is 1. The zero-order chi connectivity index (χ0) is 13.0. The summed E-state index contributed by atoms with van der Waals surface area (Å²) in [5.41, 5.74) is 2.45. The molecule has 4 N–H and O–H groups in total. The highest BCUT2D eigenvalue weighted by Crippen LogP contribution is 2.23. The molecule has 2 aromatic carbocycles. The molecule has 0 spiro atoms. The summed E-state index contributed by atoms with van der Waals surface area (Å²) in [7, 11) is 0. The van der Waals surface area contributed by atoms with Crippen molar-refractivity contribution < 1.29 is 4.79 Å². The Hall–Kier alpha value is -2.30. The minimum Gasteiger partial charge on any atom is -0.298 e. The average Bonchev–Trinajstić information content (AvgIpc) is 2.46. The van der Waals surface area contributed by atoms with Crippen molar-refractivity contribution in [2.75, 3.05) is 0 Å². The smallest absolute Gasteiger partial charge is 0.151 e. The van der Waals surface area contributed by atoms with Crippen LogP contribution in [0.3, 0.4) is 0 Å². The van der Waals surface area contributed by atoms with Crippen molar-refractivity contribution >= 4 is 28.1 Å². The number of carbonyl (C=O) groups is 1. The fourth-order valence-corrected chi connectivity index (χ4v) is 2.00. The first-order valence-electron chi connectivity index (χ1n) is 5.46. The Morgan fingerprint density at radius 1 is 0.833 bits per heavy atom. The second-order valence-corrected chi connectivity index (χ2v) is 3.68. The van der Waals surface area contributed by atoms with E-state index in [2.05, 4.69) is 16.7 Å². The maximum absolute atomic E-state index is 11.2. The van der Waals surface area contributed by atoms with Crippen molar-refractivity contribution in [3.05, 3.63) is 54.1 Å². The van der Waals surface area contributed by atoms with Crippen LogP contribution in [-0.2, 0) is 0 Å². The van der Waals surface area contributed by atoms with Gasteiger partial charge in [-0.2, -0.15) is 0 Å². The van der Waals surface area contributed by atoms with E-state index < -0.39 is 0 Å². The molecule has 1 aromatic heterocycles. The lowest BCUT2D eigenvalue weighted by molar-refractivity contribution is 0.112. The molecule has 4 nitrogen and oxygen atoms in total. The van der Waals surface area contributed by atoms with Gasteiger partial charge in [-0.1, -0.05) is 36.4 Å². The molecule has 90 valence electrons. The number of hydrogen-bond acceptors (Lipinski definition) is 4. The van der Waals surface area contributed by atoms with Gasteiger partial charge in [-0.15, -0.1) is 0 Å². The Labute approximate surface area is 104 Å². The number of fused-ring (bicyclic) bond motifs is 2. The molecule has 0 aliphatic rings. The highest BCUT2D eigenvalue weighted by Gasteiger charge is 2.06. The van der Waals surface area contributed by atoms with Gasteiger partial charge in [0.15, 0.2) is 6.29 Å². The number of nitrogens with zero attached hydrogens (tertiary/aromatic N) is 1. The van der Waals surface area contributed by atoms with Gasteiger partial charge in [-0.05, 0) is 12.1 Å². The van der Waals surface area contributed by atoms with E-state index >= 15 is 0 Å². The van der Waals surface area contributed by atoms with Crippen molar-refractivity contribution in [3.8, 4) is 0 Å². The maximum atomic E-state index is 11.2. The van der Waals surface area contributed by atoms with Crippen LogP contribution in [0.1, 0.15) is 10.4 Å². The van der Waals surface area contributed by atoms with E-state index in [-0.39, 0.29) is 0 Å². The topological polar surface area (TPSA) is 82.0 Å². The second kappa shape index (κ2) is 5.35. The molecule has 0 fully saturated rings. The summed E-state index contributed by atoms with van der Waals surface area (Å²) >= 11 is 0. The minimum atomic E-state index is 0.723. The molecule has 0 amide bonds. The lowest BCUT2D eigenvalue weighted by Crippen LogP contribution is -2.02. The van der Waals surface area contributed by atoms with Crippen LogP contribution in [0.2, 0.25) is 0 Å². The summed E-state index contributed by atoms with van der Waals surface area (Å²) in [5, 5.41) is 1.83. The van der Waals surface area contributed by atoms with Crippen LogP contribution in [0.4, 0.5) is 0 Å².